The van der Waals surface area contributed by atoms with Crippen LogP contribution in [0.2, 0.25) is 0 Å². The van der Waals surface area contributed by atoms with Gasteiger partial charge in [0.05, 0.1) is 0 Å². The minimum absolute atomic E-state index is 0.163. The van der Waals surface area contributed by atoms with E-state index in [4.69, 9.17) is 4.52 Å². The SMILES string of the molecule is Cc1noc(-c2nc3sc([S+](C)[O-])nc3c(=O)n2C(C)C)n1. The number of hydrogen-bond donors (Lipinski definition) is 0. The maximum Gasteiger partial charge on any atom is 0.304 e. The quantitative estimate of drug-likeness (QED) is 0.665. The zero-order valence-corrected chi connectivity index (χ0v) is 14.0. The lowest BCUT2D eigenvalue weighted by atomic mass is 10.3. The highest BCUT2D eigenvalue weighted by atomic mass is 32.2. The number of fused-ring (bicyclic) bond motifs is 1. The Balaban J connectivity index is 2.35. The molecular formula is C12H13N5O3S2. The van der Waals surface area contributed by atoms with Gasteiger partial charge in [-0.1, -0.05) is 5.16 Å². The first-order chi connectivity index (χ1) is 10.4. The molecule has 0 aromatic carbocycles. The number of hydrogen-bond acceptors (Lipinski definition) is 8. The van der Waals surface area contributed by atoms with Crippen molar-refractivity contribution in [3.8, 4) is 11.7 Å². The highest BCUT2D eigenvalue weighted by molar-refractivity contribution is 7.92. The van der Waals surface area contributed by atoms with Gasteiger partial charge in [-0.25, -0.2) is 4.98 Å². The van der Waals surface area contributed by atoms with Gasteiger partial charge in [0.1, 0.15) is 6.26 Å². The molecule has 8 nitrogen and oxygen atoms in total. The summed E-state index contributed by atoms with van der Waals surface area (Å²) in [5.74, 6) is 0.933. The van der Waals surface area contributed by atoms with E-state index < -0.39 is 11.2 Å². The van der Waals surface area contributed by atoms with Crippen molar-refractivity contribution >= 4 is 32.9 Å². The Morgan fingerprint density at radius 3 is 2.59 bits per heavy atom. The van der Waals surface area contributed by atoms with Crippen LogP contribution in [0.4, 0.5) is 0 Å². The average molecular weight is 339 g/mol. The summed E-state index contributed by atoms with van der Waals surface area (Å²) < 4.78 is 18.6. The zero-order valence-electron chi connectivity index (χ0n) is 12.4. The summed E-state index contributed by atoms with van der Waals surface area (Å²) in [5.41, 5.74) is -0.0947. The topological polar surface area (TPSA) is 110 Å². The predicted molar refractivity (Wildman–Crippen MR) is 82.4 cm³/mol. The van der Waals surface area contributed by atoms with Crippen LogP contribution in [0.3, 0.4) is 0 Å². The number of thiazole rings is 1. The highest BCUT2D eigenvalue weighted by Crippen LogP contribution is 2.25. The third kappa shape index (κ3) is 2.42. The Hall–Kier alpha value is -1.78. The van der Waals surface area contributed by atoms with Gasteiger partial charge >= 0.3 is 4.34 Å². The van der Waals surface area contributed by atoms with Gasteiger partial charge in [0, 0.05) is 17.2 Å². The molecule has 0 amide bonds. The molecular weight excluding hydrogens is 326 g/mol. The standard InChI is InChI=1S/C12H13N5O3S2/c1-5(2)17-8(9-13-6(3)16-20-9)15-10-7(11(17)18)14-12(21-10)22(4)19/h5H,1-4H3. The lowest BCUT2D eigenvalue weighted by Gasteiger charge is -2.12. The second-order valence-electron chi connectivity index (χ2n) is 4.94. The molecule has 0 aliphatic rings. The Kier molecular flexibility index (Phi) is 3.75. The number of rotatable bonds is 3. The minimum atomic E-state index is -1.27. The molecule has 1 unspecified atom stereocenters. The third-order valence-corrected chi connectivity index (χ3v) is 5.21. The van der Waals surface area contributed by atoms with E-state index in [1.807, 2.05) is 13.8 Å². The Labute approximate surface area is 132 Å². The second kappa shape index (κ2) is 5.45. The van der Waals surface area contributed by atoms with E-state index in [9.17, 15) is 9.35 Å². The molecule has 116 valence electrons. The van der Waals surface area contributed by atoms with E-state index in [0.717, 1.165) is 11.3 Å². The smallest absolute Gasteiger partial charge is 0.304 e. The molecule has 0 bridgehead atoms. The summed E-state index contributed by atoms with van der Waals surface area (Å²) in [5, 5.41) is 3.73. The molecule has 3 rings (SSSR count). The van der Waals surface area contributed by atoms with Crippen LogP contribution in [0, 0.1) is 6.92 Å². The molecule has 0 radical (unpaired) electrons. The number of aromatic nitrogens is 5. The van der Waals surface area contributed by atoms with Crippen molar-refractivity contribution in [1.29, 1.82) is 0 Å². The molecule has 3 aromatic rings. The molecule has 10 heteroatoms. The summed E-state index contributed by atoms with van der Waals surface area (Å²) in [6.45, 7) is 5.40. The van der Waals surface area contributed by atoms with Crippen molar-refractivity contribution in [1.82, 2.24) is 24.7 Å². The lowest BCUT2D eigenvalue weighted by molar-refractivity contribution is 0.417. The molecule has 1 atom stereocenters. The van der Waals surface area contributed by atoms with Gasteiger partial charge in [0.25, 0.3) is 11.4 Å². The molecule has 0 fully saturated rings. The van der Waals surface area contributed by atoms with Crippen LogP contribution < -0.4 is 5.56 Å². The second-order valence-corrected chi connectivity index (χ2v) is 7.47. The van der Waals surface area contributed by atoms with Crippen molar-refractivity contribution in [3.05, 3.63) is 16.2 Å². The van der Waals surface area contributed by atoms with Gasteiger partial charge in [0.2, 0.25) is 5.82 Å². The molecule has 0 N–H and O–H groups in total. The van der Waals surface area contributed by atoms with Crippen LogP contribution in [0.15, 0.2) is 13.7 Å². The predicted octanol–water partition coefficient (Wildman–Crippen LogP) is 1.53. The van der Waals surface area contributed by atoms with Crippen LogP contribution in [0.1, 0.15) is 25.7 Å². The van der Waals surface area contributed by atoms with Gasteiger partial charge in [-0.15, -0.1) is 0 Å². The summed E-state index contributed by atoms with van der Waals surface area (Å²) in [7, 11) is 0. The molecule has 0 saturated carbocycles. The van der Waals surface area contributed by atoms with Gasteiger partial charge in [0.15, 0.2) is 16.2 Å². The first-order valence-corrected chi connectivity index (χ1v) is 8.83. The summed E-state index contributed by atoms with van der Waals surface area (Å²) in [6, 6.07) is -0.163. The van der Waals surface area contributed by atoms with E-state index in [1.165, 1.54) is 10.8 Å². The first kappa shape index (κ1) is 15.1. The number of nitrogens with zero attached hydrogens (tertiary/aromatic N) is 5. The van der Waals surface area contributed by atoms with Crippen molar-refractivity contribution in [2.24, 2.45) is 0 Å². The molecule has 22 heavy (non-hydrogen) atoms. The Morgan fingerprint density at radius 1 is 1.32 bits per heavy atom. The normalized spacial score (nSPS) is 13.2. The van der Waals surface area contributed by atoms with Gasteiger partial charge < -0.3 is 9.08 Å². The monoisotopic (exact) mass is 339 g/mol. The fourth-order valence-corrected chi connectivity index (χ4v) is 3.60. The van der Waals surface area contributed by atoms with Gasteiger partial charge in [-0.2, -0.15) is 9.97 Å². The highest BCUT2D eigenvalue weighted by Gasteiger charge is 2.23. The third-order valence-electron chi connectivity index (χ3n) is 2.93. The fraction of sp³-hybridized carbons (Fsp3) is 0.417. The van der Waals surface area contributed by atoms with Gasteiger partial charge in [-0.3, -0.25) is 9.36 Å². The maximum absolute atomic E-state index is 12.7. The minimum Gasteiger partial charge on any atom is -0.610 e. The van der Waals surface area contributed by atoms with Crippen molar-refractivity contribution in [2.75, 3.05) is 6.26 Å². The molecule has 0 aliphatic heterocycles. The van der Waals surface area contributed by atoms with Crippen molar-refractivity contribution < 1.29 is 9.08 Å². The zero-order chi connectivity index (χ0) is 16.0. The van der Waals surface area contributed by atoms with Crippen LogP contribution in [-0.4, -0.2) is 35.5 Å². The van der Waals surface area contributed by atoms with Crippen molar-refractivity contribution in [3.63, 3.8) is 0 Å². The fourth-order valence-electron chi connectivity index (χ4n) is 2.01. The van der Waals surface area contributed by atoms with Crippen LogP contribution in [-0.2, 0) is 11.2 Å². The van der Waals surface area contributed by atoms with E-state index in [2.05, 4.69) is 20.1 Å². The largest absolute Gasteiger partial charge is 0.610 e. The van der Waals surface area contributed by atoms with E-state index >= 15 is 0 Å². The Morgan fingerprint density at radius 2 is 2.05 bits per heavy atom. The van der Waals surface area contributed by atoms with E-state index in [0.29, 0.717) is 20.8 Å². The number of aryl methyl sites for hydroxylation is 1. The summed E-state index contributed by atoms with van der Waals surface area (Å²) in [4.78, 5) is 25.8. The summed E-state index contributed by atoms with van der Waals surface area (Å²) >= 11 is -0.136. The molecule has 0 spiro atoms. The molecule has 3 aromatic heterocycles. The average Bonchev–Trinajstić information content (AvgIpc) is 3.04. The maximum atomic E-state index is 12.7. The van der Waals surface area contributed by atoms with Gasteiger partial charge in [-0.05, 0) is 32.1 Å². The van der Waals surface area contributed by atoms with Crippen LogP contribution in [0.25, 0.3) is 22.1 Å². The van der Waals surface area contributed by atoms with E-state index in [1.54, 1.807) is 6.92 Å². The lowest BCUT2D eigenvalue weighted by Crippen LogP contribution is -2.25. The van der Waals surface area contributed by atoms with E-state index in [-0.39, 0.29) is 23.0 Å². The molecule has 3 heterocycles. The van der Waals surface area contributed by atoms with Crippen LogP contribution in [0.5, 0.6) is 0 Å². The first-order valence-electron chi connectivity index (χ1n) is 6.45. The van der Waals surface area contributed by atoms with Crippen LogP contribution >= 0.6 is 11.3 Å². The Bertz CT molecular complexity index is 896. The van der Waals surface area contributed by atoms with Crippen molar-refractivity contribution in [2.45, 2.75) is 31.2 Å². The summed E-state index contributed by atoms with van der Waals surface area (Å²) in [6.07, 6.45) is 1.51. The molecule has 0 aliphatic carbocycles. The molecule has 0 saturated heterocycles.